The van der Waals surface area contributed by atoms with Gasteiger partial charge in [0.25, 0.3) is 0 Å². The number of nitrogens with one attached hydrogen (secondary N) is 3. The Morgan fingerprint density at radius 3 is 2.65 bits per heavy atom. The van der Waals surface area contributed by atoms with E-state index in [0.29, 0.717) is 6.54 Å². The molecule has 0 aliphatic heterocycles. The second-order valence-corrected chi connectivity index (χ2v) is 7.41. The van der Waals surface area contributed by atoms with Gasteiger partial charge in [-0.3, -0.25) is 0 Å². The summed E-state index contributed by atoms with van der Waals surface area (Å²) >= 11 is 1.85. The van der Waals surface area contributed by atoms with E-state index in [-0.39, 0.29) is 28.7 Å². The summed E-state index contributed by atoms with van der Waals surface area (Å²) in [6.45, 7) is 8.92. The molecule has 0 saturated heterocycles. The normalized spacial score (nSPS) is 12.1. The lowest BCUT2D eigenvalue weighted by Crippen LogP contribution is -2.43. The van der Waals surface area contributed by atoms with Crippen LogP contribution >= 0.6 is 35.7 Å². The molecule has 128 valence electrons. The zero-order chi connectivity index (χ0) is 16.0. The van der Waals surface area contributed by atoms with Crippen molar-refractivity contribution in [2.24, 2.45) is 4.99 Å². The number of H-pyrrole nitrogens is 1. The predicted octanol–water partition coefficient (Wildman–Crippen LogP) is 3.98. The Morgan fingerprint density at radius 1 is 1.26 bits per heavy atom. The van der Waals surface area contributed by atoms with Crippen LogP contribution < -0.4 is 10.6 Å². The monoisotopic (exact) mass is 446 g/mol. The fraction of sp³-hybridized carbons (Fsp3) is 0.471. The van der Waals surface area contributed by atoms with Gasteiger partial charge >= 0.3 is 0 Å². The highest BCUT2D eigenvalue weighted by atomic mass is 127. The lowest BCUT2D eigenvalue weighted by Gasteiger charge is -2.23. The molecule has 0 atom stereocenters. The van der Waals surface area contributed by atoms with Crippen molar-refractivity contribution in [1.82, 2.24) is 15.6 Å². The van der Waals surface area contributed by atoms with Gasteiger partial charge in [-0.1, -0.05) is 18.2 Å². The molecule has 2 rings (SSSR count). The summed E-state index contributed by atoms with van der Waals surface area (Å²) in [6, 6.07) is 10.5. The Hall–Kier alpha value is -0.890. The van der Waals surface area contributed by atoms with Gasteiger partial charge in [0.2, 0.25) is 0 Å². The molecule has 0 radical (unpaired) electrons. The van der Waals surface area contributed by atoms with Gasteiger partial charge in [-0.05, 0) is 44.5 Å². The number of aliphatic imine (C=N–C) groups is 1. The quantitative estimate of drug-likeness (QED) is 0.358. The number of nitrogens with zero attached hydrogens (tertiary/aromatic N) is 1. The molecule has 23 heavy (non-hydrogen) atoms. The fourth-order valence-corrected chi connectivity index (χ4v) is 2.31. The van der Waals surface area contributed by atoms with Crippen LogP contribution in [0.5, 0.6) is 0 Å². The van der Waals surface area contributed by atoms with Crippen molar-refractivity contribution < 1.29 is 0 Å². The Morgan fingerprint density at radius 2 is 2.00 bits per heavy atom. The van der Waals surface area contributed by atoms with E-state index in [1.807, 2.05) is 17.8 Å². The van der Waals surface area contributed by atoms with Gasteiger partial charge in [0, 0.05) is 29.0 Å². The molecular weight excluding hydrogens is 419 g/mol. The van der Waals surface area contributed by atoms with E-state index < -0.39 is 0 Å². The van der Waals surface area contributed by atoms with Crippen LogP contribution in [0.4, 0.5) is 0 Å². The van der Waals surface area contributed by atoms with Crippen LogP contribution in [-0.2, 0) is 6.54 Å². The summed E-state index contributed by atoms with van der Waals surface area (Å²) in [5.74, 6) is 0.864. The lowest BCUT2D eigenvalue weighted by atomic mass is 10.2. The molecule has 0 saturated carbocycles. The SMILES string of the molecule is CCNC(=NCc1cc2ccccc2[nH]1)NCC(C)(C)SC.I. The Kier molecular flexibility index (Phi) is 8.25. The Bertz CT molecular complexity index is 603. The third kappa shape index (κ3) is 6.25. The fourth-order valence-electron chi connectivity index (χ4n) is 2.09. The van der Waals surface area contributed by atoms with Gasteiger partial charge < -0.3 is 15.6 Å². The smallest absolute Gasteiger partial charge is 0.191 e. The first-order valence-corrected chi connectivity index (χ1v) is 8.90. The van der Waals surface area contributed by atoms with E-state index in [9.17, 15) is 0 Å². The van der Waals surface area contributed by atoms with Crippen LogP contribution in [0.1, 0.15) is 26.5 Å². The molecule has 1 heterocycles. The Labute approximate surface area is 160 Å². The minimum Gasteiger partial charge on any atom is -0.357 e. The van der Waals surface area contributed by atoms with Crippen molar-refractivity contribution in [1.29, 1.82) is 0 Å². The molecule has 0 aliphatic carbocycles. The standard InChI is InChI=1S/C17H26N4S.HI/c1-5-18-16(20-12-17(2,3)22-4)19-11-14-10-13-8-6-7-9-15(13)21-14;/h6-10,21H,5,11-12H2,1-4H3,(H2,18,19,20);1H. The minimum absolute atomic E-state index is 0. The maximum Gasteiger partial charge on any atom is 0.191 e. The van der Waals surface area contributed by atoms with Crippen LogP contribution in [0, 0.1) is 0 Å². The van der Waals surface area contributed by atoms with Gasteiger partial charge in [-0.25, -0.2) is 4.99 Å². The predicted molar refractivity (Wildman–Crippen MR) is 114 cm³/mol. The number of aromatic nitrogens is 1. The topological polar surface area (TPSA) is 52.2 Å². The molecule has 2 aromatic rings. The molecular formula is C17H27IN4S. The first-order chi connectivity index (χ1) is 10.5. The zero-order valence-corrected chi connectivity index (χ0v) is 17.4. The summed E-state index contributed by atoms with van der Waals surface area (Å²) in [5, 5.41) is 7.95. The molecule has 0 unspecified atom stereocenters. The van der Waals surface area contributed by atoms with E-state index in [1.165, 1.54) is 5.39 Å². The van der Waals surface area contributed by atoms with Crippen molar-refractivity contribution in [3.05, 3.63) is 36.0 Å². The third-order valence-electron chi connectivity index (χ3n) is 3.57. The highest BCUT2D eigenvalue weighted by Crippen LogP contribution is 2.19. The zero-order valence-electron chi connectivity index (χ0n) is 14.3. The second-order valence-electron chi connectivity index (χ2n) is 5.89. The van der Waals surface area contributed by atoms with Crippen molar-refractivity contribution in [3.8, 4) is 0 Å². The van der Waals surface area contributed by atoms with E-state index in [0.717, 1.165) is 30.3 Å². The van der Waals surface area contributed by atoms with E-state index in [2.05, 4.69) is 71.9 Å². The van der Waals surface area contributed by atoms with Crippen molar-refractivity contribution in [2.45, 2.75) is 32.1 Å². The Balaban J connectivity index is 0.00000264. The van der Waals surface area contributed by atoms with E-state index >= 15 is 0 Å². The molecule has 1 aromatic carbocycles. The first-order valence-electron chi connectivity index (χ1n) is 7.68. The summed E-state index contributed by atoms with van der Waals surface area (Å²) in [7, 11) is 0. The number of hydrogen-bond donors (Lipinski definition) is 3. The average molecular weight is 446 g/mol. The lowest BCUT2D eigenvalue weighted by molar-refractivity contribution is 0.664. The molecule has 0 aliphatic rings. The largest absolute Gasteiger partial charge is 0.357 e. The summed E-state index contributed by atoms with van der Waals surface area (Å²) in [4.78, 5) is 8.08. The van der Waals surface area contributed by atoms with Crippen LogP contribution in [0.15, 0.2) is 35.3 Å². The number of fused-ring (bicyclic) bond motifs is 1. The van der Waals surface area contributed by atoms with Gasteiger partial charge in [0.15, 0.2) is 5.96 Å². The second kappa shape index (κ2) is 9.42. The van der Waals surface area contributed by atoms with E-state index in [1.54, 1.807) is 0 Å². The van der Waals surface area contributed by atoms with Crippen molar-refractivity contribution >= 4 is 52.6 Å². The number of rotatable bonds is 6. The minimum atomic E-state index is 0. The molecule has 1 aromatic heterocycles. The highest BCUT2D eigenvalue weighted by molar-refractivity contribution is 14.0. The molecule has 3 N–H and O–H groups in total. The van der Waals surface area contributed by atoms with Crippen molar-refractivity contribution in [2.75, 3.05) is 19.3 Å². The maximum absolute atomic E-state index is 4.67. The van der Waals surface area contributed by atoms with Crippen LogP contribution in [0.25, 0.3) is 10.9 Å². The number of aromatic amines is 1. The molecule has 0 fully saturated rings. The van der Waals surface area contributed by atoms with Gasteiger partial charge in [0.1, 0.15) is 0 Å². The third-order valence-corrected chi connectivity index (χ3v) is 4.82. The molecule has 4 nitrogen and oxygen atoms in total. The number of hydrogen-bond acceptors (Lipinski definition) is 2. The molecule has 6 heteroatoms. The highest BCUT2D eigenvalue weighted by Gasteiger charge is 2.16. The number of benzene rings is 1. The molecule has 0 bridgehead atoms. The van der Waals surface area contributed by atoms with Crippen molar-refractivity contribution in [3.63, 3.8) is 0 Å². The van der Waals surface area contributed by atoms with E-state index in [4.69, 9.17) is 0 Å². The average Bonchev–Trinajstić information content (AvgIpc) is 2.93. The number of guanidine groups is 1. The summed E-state index contributed by atoms with van der Waals surface area (Å²) < 4.78 is 0.192. The van der Waals surface area contributed by atoms with Crippen LogP contribution in [-0.4, -0.2) is 35.0 Å². The molecule has 0 amide bonds. The van der Waals surface area contributed by atoms with Gasteiger partial charge in [-0.15, -0.1) is 24.0 Å². The number of para-hydroxylation sites is 1. The maximum atomic E-state index is 4.67. The van der Waals surface area contributed by atoms with Crippen LogP contribution in [0.2, 0.25) is 0 Å². The van der Waals surface area contributed by atoms with Crippen LogP contribution in [0.3, 0.4) is 0 Å². The number of halogens is 1. The summed E-state index contributed by atoms with van der Waals surface area (Å²) in [5.41, 5.74) is 2.29. The first kappa shape index (κ1) is 20.2. The van der Waals surface area contributed by atoms with Gasteiger partial charge in [0.05, 0.1) is 6.54 Å². The summed E-state index contributed by atoms with van der Waals surface area (Å²) in [6.07, 6.45) is 2.14. The van der Waals surface area contributed by atoms with Gasteiger partial charge in [-0.2, -0.15) is 11.8 Å². The molecule has 0 spiro atoms. The number of thioether (sulfide) groups is 1.